The molecule has 0 unspecified atom stereocenters. The van der Waals surface area contributed by atoms with Crippen LogP contribution in [0.1, 0.15) is 22.6 Å². The molecule has 106 valence electrons. The molecule has 21 heavy (non-hydrogen) atoms. The van der Waals surface area contributed by atoms with Crippen molar-refractivity contribution in [1.82, 2.24) is 0 Å². The zero-order chi connectivity index (χ0) is 14.6. The van der Waals surface area contributed by atoms with Gasteiger partial charge in [0, 0.05) is 11.5 Å². The number of methoxy groups -OCH3 is 1. The van der Waals surface area contributed by atoms with E-state index in [2.05, 4.69) is 6.07 Å². The van der Waals surface area contributed by atoms with Crippen molar-refractivity contribution in [2.24, 2.45) is 0 Å². The molecule has 3 atom stereocenters. The first kappa shape index (κ1) is 12.5. The molecule has 0 amide bonds. The number of aryl methyl sites for hydroxylation is 1. The quantitative estimate of drug-likeness (QED) is 0.793. The van der Waals surface area contributed by atoms with Crippen LogP contribution in [0.2, 0.25) is 0 Å². The van der Waals surface area contributed by atoms with E-state index in [1.807, 2.05) is 49.4 Å². The van der Waals surface area contributed by atoms with Gasteiger partial charge >= 0.3 is 5.97 Å². The van der Waals surface area contributed by atoms with Gasteiger partial charge in [-0.05, 0) is 18.6 Å². The third-order valence-corrected chi connectivity index (χ3v) is 4.65. The zero-order valence-corrected chi connectivity index (χ0v) is 12.0. The molecule has 3 nitrogen and oxygen atoms in total. The lowest BCUT2D eigenvalue weighted by molar-refractivity contribution is -0.144. The molecule has 4 rings (SSSR count). The van der Waals surface area contributed by atoms with Crippen molar-refractivity contribution in [2.45, 2.75) is 24.4 Å². The molecule has 0 bridgehead atoms. The van der Waals surface area contributed by atoms with Gasteiger partial charge in [-0.1, -0.05) is 48.0 Å². The first-order chi connectivity index (χ1) is 10.2. The van der Waals surface area contributed by atoms with Gasteiger partial charge in [0.2, 0.25) is 0 Å². The van der Waals surface area contributed by atoms with Gasteiger partial charge < -0.3 is 9.47 Å². The molecule has 1 saturated carbocycles. The van der Waals surface area contributed by atoms with E-state index in [4.69, 9.17) is 9.47 Å². The molecule has 1 aliphatic heterocycles. The number of benzene rings is 2. The van der Waals surface area contributed by atoms with Gasteiger partial charge in [0.15, 0.2) is 0 Å². The zero-order valence-electron chi connectivity index (χ0n) is 12.0. The first-order valence-corrected chi connectivity index (χ1v) is 7.10. The normalized spacial score (nSPS) is 28.3. The molecule has 3 heteroatoms. The third-order valence-electron chi connectivity index (χ3n) is 4.65. The van der Waals surface area contributed by atoms with Gasteiger partial charge in [0.1, 0.15) is 17.3 Å². The summed E-state index contributed by atoms with van der Waals surface area (Å²) in [7, 11) is 1.45. The fourth-order valence-electron chi connectivity index (χ4n) is 3.66. The molecule has 1 fully saturated rings. The summed E-state index contributed by atoms with van der Waals surface area (Å²) in [6.07, 6.45) is -0.149. The minimum absolute atomic E-state index is 0.0421. The van der Waals surface area contributed by atoms with Crippen LogP contribution >= 0.6 is 0 Å². The third kappa shape index (κ3) is 1.46. The molecule has 0 radical (unpaired) electrons. The molecule has 2 aromatic rings. The summed E-state index contributed by atoms with van der Waals surface area (Å²) in [5.74, 6) is 0.648. The predicted octanol–water partition coefficient (Wildman–Crippen LogP) is 2.96. The van der Waals surface area contributed by atoms with Crippen LogP contribution in [-0.2, 0) is 14.9 Å². The monoisotopic (exact) mass is 280 g/mol. The Kier molecular flexibility index (Phi) is 2.43. The molecule has 2 aromatic carbocycles. The van der Waals surface area contributed by atoms with Crippen molar-refractivity contribution < 1.29 is 14.3 Å². The van der Waals surface area contributed by atoms with E-state index >= 15 is 0 Å². The number of esters is 1. The van der Waals surface area contributed by atoms with Crippen molar-refractivity contribution in [2.75, 3.05) is 7.11 Å². The van der Waals surface area contributed by atoms with Crippen LogP contribution in [0.5, 0.6) is 5.75 Å². The highest BCUT2D eigenvalue weighted by Crippen LogP contribution is 2.68. The molecule has 1 aliphatic carbocycles. The summed E-state index contributed by atoms with van der Waals surface area (Å²) in [5, 5.41) is 0. The highest BCUT2D eigenvalue weighted by molar-refractivity contribution is 5.94. The fraction of sp³-hybridized carbons (Fsp3) is 0.278. The Morgan fingerprint density at radius 2 is 1.95 bits per heavy atom. The molecular formula is C18H16O3. The van der Waals surface area contributed by atoms with E-state index in [1.54, 1.807) is 0 Å². The molecule has 0 saturated heterocycles. The largest absolute Gasteiger partial charge is 0.488 e. The van der Waals surface area contributed by atoms with E-state index in [0.29, 0.717) is 0 Å². The smallest absolute Gasteiger partial charge is 0.321 e. The summed E-state index contributed by atoms with van der Waals surface area (Å²) in [5.41, 5.74) is 2.55. The van der Waals surface area contributed by atoms with Crippen molar-refractivity contribution >= 4 is 5.97 Å². The van der Waals surface area contributed by atoms with Gasteiger partial charge in [-0.15, -0.1) is 0 Å². The molecule has 0 spiro atoms. The van der Waals surface area contributed by atoms with Crippen molar-refractivity contribution in [1.29, 1.82) is 0 Å². The number of carbonyl (C=O) groups is 1. The second-order valence-corrected chi connectivity index (χ2v) is 5.79. The lowest BCUT2D eigenvalue weighted by Gasteiger charge is -2.15. The van der Waals surface area contributed by atoms with Crippen LogP contribution in [0.3, 0.4) is 0 Å². The van der Waals surface area contributed by atoms with Crippen molar-refractivity contribution in [3.05, 3.63) is 65.2 Å². The number of fused-ring (bicyclic) bond motifs is 3. The Morgan fingerprint density at radius 3 is 2.67 bits per heavy atom. The van der Waals surface area contributed by atoms with Crippen LogP contribution in [0.25, 0.3) is 0 Å². The summed E-state index contributed by atoms with van der Waals surface area (Å²) in [4.78, 5) is 12.5. The Labute approximate surface area is 123 Å². The maximum Gasteiger partial charge on any atom is 0.321 e. The highest BCUT2D eigenvalue weighted by Gasteiger charge is 2.78. The number of rotatable bonds is 2. The lowest BCUT2D eigenvalue weighted by atomic mass is 9.89. The van der Waals surface area contributed by atoms with E-state index < -0.39 is 5.41 Å². The number of carbonyl (C=O) groups excluding carboxylic acids is 1. The first-order valence-electron chi connectivity index (χ1n) is 7.10. The second-order valence-electron chi connectivity index (χ2n) is 5.79. The van der Waals surface area contributed by atoms with Gasteiger partial charge in [-0.3, -0.25) is 4.79 Å². The van der Waals surface area contributed by atoms with Crippen LogP contribution < -0.4 is 4.74 Å². The number of ether oxygens (including phenoxy) is 2. The number of hydrogen-bond acceptors (Lipinski definition) is 3. The maximum absolute atomic E-state index is 12.5. The summed E-state index contributed by atoms with van der Waals surface area (Å²) in [6.45, 7) is 2.03. The van der Waals surface area contributed by atoms with E-state index in [9.17, 15) is 4.79 Å². The summed E-state index contributed by atoms with van der Waals surface area (Å²) < 4.78 is 11.1. The average Bonchev–Trinajstić information content (AvgIpc) is 3.07. The Morgan fingerprint density at radius 1 is 1.19 bits per heavy atom. The Balaban J connectivity index is 1.87. The Bertz CT molecular complexity index is 722. The summed E-state index contributed by atoms with van der Waals surface area (Å²) >= 11 is 0. The molecule has 2 aliphatic rings. The van der Waals surface area contributed by atoms with Crippen LogP contribution in [-0.4, -0.2) is 19.2 Å². The topological polar surface area (TPSA) is 35.5 Å². The predicted molar refractivity (Wildman–Crippen MR) is 78.5 cm³/mol. The second kappa shape index (κ2) is 4.10. The van der Waals surface area contributed by atoms with E-state index in [1.165, 1.54) is 7.11 Å². The minimum Gasteiger partial charge on any atom is -0.488 e. The van der Waals surface area contributed by atoms with Gasteiger partial charge in [0.25, 0.3) is 0 Å². The van der Waals surface area contributed by atoms with E-state index in [-0.39, 0.29) is 18.0 Å². The molecule has 0 aromatic heterocycles. The Hall–Kier alpha value is -2.29. The number of hydrogen-bond donors (Lipinski definition) is 0. The van der Waals surface area contributed by atoms with Crippen molar-refractivity contribution in [3.63, 3.8) is 0 Å². The standard InChI is InChI=1S/C18H16O3/c1-11-8-9-14-13(10-11)18(17(19)20-2)15(16(18)21-14)12-6-4-3-5-7-12/h3-10,15-16H,1-2H3/t15-,16-,18-/m1/s1. The van der Waals surface area contributed by atoms with Gasteiger partial charge in [0.05, 0.1) is 7.11 Å². The van der Waals surface area contributed by atoms with Crippen LogP contribution in [0, 0.1) is 6.92 Å². The molecule has 1 heterocycles. The van der Waals surface area contributed by atoms with Crippen molar-refractivity contribution in [3.8, 4) is 5.75 Å². The minimum atomic E-state index is -0.669. The highest BCUT2D eigenvalue weighted by atomic mass is 16.5. The maximum atomic E-state index is 12.5. The SMILES string of the molecule is COC(=O)[C@@]12c3cc(C)ccc3O[C@@H]1[C@H]2c1ccccc1. The summed E-state index contributed by atoms with van der Waals surface area (Å²) in [6, 6.07) is 16.1. The fourth-order valence-corrected chi connectivity index (χ4v) is 3.66. The average molecular weight is 280 g/mol. The van der Waals surface area contributed by atoms with Crippen LogP contribution in [0.15, 0.2) is 48.5 Å². The lowest BCUT2D eigenvalue weighted by Crippen LogP contribution is -2.25. The molecular weight excluding hydrogens is 264 g/mol. The van der Waals surface area contributed by atoms with E-state index in [0.717, 1.165) is 22.4 Å². The van der Waals surface area contributed by atoms with Crippen LogP contribution in [0.4, 0.5) is 0 Å². The van der Waals surface area contributed by atoms with Gasteiger partial charge in [-0.25, -0.2) is 0 Å². The molecule has 0 N–H and O–H groups in total. The van der Waals surface area contributed by atoms with Gasteiger partial charge in [-0.2, -0.15) is 0 Å².